The fourth-order valence-electron chi connectivity index (χ4n) is 3.81. The van der Waals surface area contributed by atoms with E-state index < -0.39 is 0 Å². The van der Waals surface area contributed by atoms with Crippen LogP contribution in [0.25, 0.3) is 22.6 Å². The minimum absolute atomic E-state index is 0.126. The van der Waals surface area contributed by atoms with Crippen molar-refractivity contribution in [2.75, 3.05) is 6.54 Å². The maximum Gasteiger partial charge on any atom is 0.255 e. The summed E-state index contributed by atoms with van der Waals surface area (Å²) in [4.78, 5) is 24.7. The minimum Gasteiger partial charge on any atom is -0.352 e. The Balaban J connectivity index is 1.76. The van der Waals surface area contributed by atoms with Crippen LogP contribution in [0.5, 0.6) is 0 Å². The van der Waals surface area contributed by atoms with E-state index in [9.17, 15) is 4.79 Å². The molecule has 0 aromatic carbocycles. The van der Waals surface area contributed by atoms with E-state index in [2.05, 4.69) is 29.1 Å². The molecule has 0 bridgehead atoms. The van der Waals surface area contributed by atoms with E-state index in [1.807, 2.05) is 18.7 Å². The van der Waals surface area contributed by atoms with Crippen LogP contribution >= 0.6 is 0 Å². The van der Waals surface area contributed by atoms with E-state index in [0.717, 1.165) is 37.1 Å². The number of aromatic amines is 1. The van der Waals surface area contributed by atoms with Crippen molar-refractivity contribution in [3.05, 3.63) is 29.2 Å². The van der Waals surface area contributed by atoms with Crippen LogP contribution in [-0.4, -0.2) is 37.2 Å². The molecule has 0 saturated heterocycles. The lowest BCUT2D eigenvalue weighted by atomic mass is 9.76. The average molecular weight is 366 g/mol. The zero-order valence-electron chi connectivity index (χ0n) is 16.4. The highest BCUT2D eigenvalue weighted by Gasteiger charge is 2.31. The molecule has 27 heavy (non-hydrogen) atoms. The SMILES string of the molecule is CCCNC(=O)c1c[nH]c2ncc(-c3nn(C)c4c3CCC(C)(C)C4)nc12. The zero-order valence-corrected chi connectivity index (χ0v) is 16.4. The molecule has 2 N–H and O–H groups in total. The number of H-pyrrole nitrogens is 1. The van der Waals surface area contributed by atoms with Crippen LogP contribution in [0.15, 0.2) is 12.4 Å². The lowest BCUT2D eigenvalue weighted by Crippen LogP contribution is -2.23. The van der Waals surface area contributed by atoms with Crippen molar-refractivity contribution in [1.29, 1.82) is 0 Å². The van der Waals surface area contributed by atoms with Crippen molar-refractivity contribution in [1.82, 2.24) is 30.0 Å². The molecule has 0 fully saturated rings. The molecule has 1 amide bonds. The van der Waals surface area contributed by atoms with Gasteiger partial charge in [-0.1, -0.05) is 20.8 Å². The van der Waals surface area contributed by atoms with Gasteiger partial charge in [-0.25, -0.2) is 9.97 Å². The molecule has 0 radical (unpaired) electrons. The first-order chi connectivity index (χ1) is 12.9. The smallest absolute Gasteiger partial charge is 0.255 e. The molecule has 1 aliphatic rings. The molecular formula is C20H26N6O. The van der Waals surface area contributed by atoms with E-state index in [-0.39, 0.29) is 5.91 Å². The van der Waals surface area contributed by atoms with E-state index in [4.69, 9.17) is 10.1 Å². The molecule has 4 rings (SSSR count). The largest absolute Gasteiger partial charge is 0.352 e. The number of nitrogens with one attached hydrogen (secondary N) is 2. The number of carbonyl (C=O) groups excluding carboxylic acids is 1. The van der Waals surface area contributed by atoms with Gasteiger partial charge in [-0.15, -0.1) is 0 Å². The molecule has 3 aromatic heterocycles. The summed E-state index contributed by atoms with van der Waals surface area (Å²) in [6, 6.07) is 0. The van der Waals surface area contributed by atoms with Gasteiger partial charge in [0.2, 0.25) is 0 Å². The molecule has 0 unspecified atom stereocenters. The highest BCUT2D eigenvalue weighted by molar-refractivity contribution is 6.04. The molecule has 3 aromatic rings. The molecule has 0 saturated carbocycles. The van der Waals surface area contributed by atoms with Crippen molar-refractivity contribution < 1.29 is 4.79 Å². The number of aryl methyl sites for hydroxylation is 1. The summed E-state index contributed by atoms with van der Waals surface area (Å²) < 4.78 is 1.98. The minimum atomic E-state index is -0.126. The lowest BCUT2D eigenvalue weighted by molar-refractivity contribution is 0.0955. The number of fused-ring (bicyclic) bond motifs is 2. The van der Waals surface area contributed by atoms with Gasteiger partial charge in [0.25, 0.3) is 5.91 Å². The van der Waals surface area contributed by atoms with Crippen LogP contribution in [0.3, 0.4) is 0 Å². The number of nitrogens with zero attached hydrogens (tertiary/aromatic N) is 4. The fourth-order valence-corrected chi connectivity index (χ4v) is 3.81. The molecule has 7 nitrogen and oxygen atoms in total. The van der Waals surface area contributed by atoms with Gasteiger partial charge in [0.15, 0.2) is 5.65 Å². The highest BCUT2D eigenvalue weighted by Crippen LogP contribution is 2.38. The number of hydrogen-bond acceptors (Lipinski definition) is 4. The van der Waals surface area contributed by atoms with Gasteiger partial charge in [0.1, 0.15) is 16.9 Å². The van der Waals surface area contributed by atoms with E-state index in [1.54, 1.807) is 12.4 Å². The molecule has 0 atom stereocenters. The highest BCUT2D eigenvalue weighted by atomic mass is 16.1. The molecular weight excluding hydrogens is 340 g/mol. The van der Waals surface area contributed by atoms with Crippen molar-refractivity contribution in [2.24, 2.45) is 12.5 Å². The second-order valence-corrected chi connectivity index (χ2v) is 8.15. The lowest BCUT2D eigenvalue weighted by Gasteiger charge is -2.29. The number of aromatic nitrogens is 5. The summed E-state index contributed by atoms with van der Waals surface area (Å²) in [7, 11) is 2.00. The molecule has 1 aliphatic carbocycles. The van der Waals surface area contributed by atoms with Gasteiger partial charge in [-0.2, -0.15) is 5.10 Å². The van der Waals surface area contributed by atoms with Crippen molar-refractivity contribution >= 4 is 17.1 Å². The van der Waals surface area contributed by atoms with Crippen molar-refractivity contribution in [2.45, 2.75) is 46.5 Å². The third kappa shape index (κ3) is 3.11. The van der Waals surface area contributed by atoms with Gasteiger partial charge in [0.05, 0.1) is 11.8 Å². The summed E-state index contributed by atoms with van der Waals surface area (Å²) >= 11 is 0. The molecule has 0 aliphatic heterocycles. The van der Waals surface area contributed by atoms with Crippen LogP contribution in [0.2, 0.25) is 0 Å². The Bertz CT molecular complexity index is 1010. The standard InChI is InChI=1S/C20H26N6O/c1-5-8-21-19(27)13-10-22-18-17(13)24-14(11-23-18)16-12-6-7-20(2,3)9-15(12)26(4)25-16/h10-11H,5-9H2,1-4H3,(H,21,27)(H,22,23). The summed E-state index contributed by atoms with van der Waals surface area (Å²) in [5.41, 5.74) is 6.18. The third-order valence-electron chi connectivity index (χ3n) is 5.38. The zero-order chi connectivity index (χ0) is 19.2. The number of carbonyl (C=O) groups is 1. The normalized spacial score (nSPS) is 15.7. The maximum atomic E-state index is 12.4. The number of rotatable bonds is 4. The van der Waals surface area contributed by atoms with Gasteiger partial charge >= 0.3 is 0 Å². The quantitative estimate of drug-likeness (QED) is 0.743. The Morgan fingerprint density at radius 1 is 1.41 bits per heavy atom. The second-order valence-electron chi connectivity index (χ2n) is 8.15. The summed E-state index contributed by atoms with van der Waals surface area (Å²) in [5.74, 6) is -0.126. The van der Waals surface area contributed by atoms with E-state index >= 15 is 0 Å². The average Bonchev–Trinajstić information content (AvgIpc) is 3.19. The summed E-state index contributed by atoms with van der Waals surface area (Å²) in [5, 5.41) is 7.65. The molecule has 7 heteroatoms. The van der Waals surface area contributed by atoms with Gasteiger partial charge in [-0.3, -0.25) is 9.48 Å². The van der Waals surface area contributed by atoms with Crippen molar-refractivity contribution in [3.8, 4) is 11.4 Å². The Labute approximate surface area is 158 Å². The van der Waals surface area contributed by atoms with Crippen molar-refractivity contribution in [3.63, 3.8) is 0 Å². The van der Waals surface area contributed by atoms with Gasteiger partial charge in [0, 0.05) is 31.0 Å². The number of hydrogen-bond donors (Lipinski definition) is 2. The monoisotopic (exact) mass is 366 g/mol. The maximum absolute atomic E-state index is 12.4. The van der Waals surface area contributed by atoms with Gasteiger partial charge in [-0.05, 0) is 31.1 Å². The molecule has 3 heterocycles. The van der Waals surface area contributed by atoms with E-state index in [0.29, 0.717) is 28.7 Å². The van der Waals surface area contributed by atoms with Crippen LogP contribution in [0.4, 0.5) is 0 Å². The van der Waals surface area contributed by atoms with Gasteiger partial charge < -0.3 is 10.3 Å². The second kappa shape index (κ2) is 6.48. The fraction of sp³-hybridized carbons (Fsp3) is 0.500. The number of amides is 1. The first-order valence-electron chi connectivity index (χ1n) is 9.57. The summed E-state index contributed by atoms with van der Waals surface area (Å²) in [6.07, 6.45) is 7.44. The summed E-state index contributed by atoms with van der Waals surface area (Å²) in [6.45, 7) is 7.27. The van der Waals surface area contributed by atoms with Crippen LogP contribution in [-0.2, 0) is 19.9 Å². The third-order valence-corrected chi connectivity index (χ3v) is 5.38. The predicted octanol–water partition coefficient (Wildman–Crippen LogP) is 3.01. The molecule has 142 valence electrons. The van der Waals surface area contributed by atoms with Crippen LogP contribution in [0, 0.1) is 5.41 Å². The first kappa shape index (κ1) is 17.7. The Kier molecular flexibility index (Phi) is 4.25. The Morgan fingerprint density at radius 2 is 2.22 bits per heavy atom. The van der Waals surface area contributed by atoms with Crippen LogP contribution < -0.4 is 5.32 Å². The van der Waals surface area contributed by atoms with Crippen LogP contribution in [0.1, 0.15) is 55.2 Å². The van der Waals surface area contributed by atoms with E-state index in [1.165, 1.54) is 11.3 Å². The topological polar surface area (TPSA) is 88.5 Å². The first-order valence-corrected chi connectivity index (χ1v) is 9.57. The predicted molar refractivity (Wildman–Crippen MR) is 105 cm³/mol. The Morgan fingerprint density at radius 3 is 3.00 bits per heavy atom. The Hall–Kier alpha value is -2.70. The molecule has 0 spiro atoms.